The van der Waals surface area contributed by atoms with Crippen LogP contribution in [0.4, 0.5) is 0 Å². The van der Waals surface area contributed by atoms with Gasteiger partial charge in [-0.25, -0.2) is 0 Å². The third-order valence-electron chi connectivity index (χ3n) is 1.87. The zero-order chi connectivity index (χ0) is 21.2. The van der Waals surface area contributed by atoms with Crippen molar-refractivity contribution in [2.75, 3.05) is 7.11 Å². The average Bonchev–Trinajstić information content (AvgIpc) is 2.75. The van der Waals surface area contributed by atoms with Crippen LogP contribution in [-0.2, 0) is 25.9 Å². The van der Waals surface area contributed by atoms with Crippen molar-refractivity contribution in [1.29, 1.82) is 0 Å². The zero-order valence-corrected chi connectivity index (χ0v) is 21.7. The largest absolute Gasteiger partial charge is 2.00 e. The number of methoxy groups -OCH3 is 1. The molecule has 2 aromatic carbocycles. The minimum absolute atomic E-state index is 0. The summed E-state index contributed by atoms with van der Waals surface area (Å²) in [4.78, 5) is 10.4. The van der Waals surface area contributed by atoms with Crippen molar-refractivity contribution in [3.8, 4) is 11.5 Å². The number of hydrogen-bond donors (Lipinski definition) is 0. The van der Waals surface area contributed by atoms with Crippen molar-refractivity contribution in [2.45, 2.75) is 62.3 Å². The number of hydrogen-bond acceptors (Lipinski definition) is 3. The Balaban J connectivity index is -0.0000000857. The molecule has 2 aromatic rings. The van der Waals surface area contributed by atoms with Gasteiger partial charge in [0.25, 0.3) is 0 Å². The van der Waals surface area contributed by atoms with E-state index in [0.717, 1.165) is 5.75 Å². The van der Waals surface area contributed by atoms with E-state index in [1.165, 1.54) is 6.92 Å². The molecule has 0 aromatic heterocycles. The normalized spacial score (nSPS) is 6.74. The summed E-state index contributed by atoms with van der Waals surface area (Å²) in [6, 6.07) is 19.8. The number of esters is 1. The molecule has 0 spiro atoms. The molecule has 154 valence electrons. The van der Waals surface area contributed by atoms with Crippen molar-refractivity contribution in [3.63, 3.8) is 0 Å². The Bertz CT molecular complexity index is 460. The van der Waals surface area contributed by atoms with Crippen LogP contribution in [0.5, 0.6) is 11.5 Å². The van der Waals surface area contributed by atoms with Crippen molar-refractivity contribution < 1.29 is 35.3 Å². The van der Waals surface area contributed by atoms with Crippen LogP contribution in [0, 0.1) is 12.1 Å². The molecule has 2 rings (SSSR count). The van der Waals surface area contributed by atoms with Gasteiger partial charge in [-0.1, -0.05) is 55.4 Å². The molecule has 0 amide bonds. The van der Waals surface area contributed by atoms with Gasteiger partial charge in [-0.3, -0.25) is 4.79 Å². The molecule has 0 aliphatic heterocycles. The summed E-state index contributed by atoms with van der Waals surface area (Å²) in [6.07, 6.45) is 0. The average molecular weight is 546 g/mol. The minimum Gasteiger partial charge on any atom is -0.522 e. The maximum atomic E-state index is 10.4. The molecule has 0 N–H and O–H groups in total. The van der Waals surface area contributed by atoms with E-state index in [1.54, 1.807) is 31.4 Å². The first-order valence-corrected chi connectivity index (χ1v) is 9.37. The smallest absolute Gasteiger partial charge is 0.522 e. The van der Waals surface area contributed by atoms with Gasteiger partial charge >= 0.3 is 27.0 Å². The van der Waals surface area contributed by atoms with E-state index in [9.17, 15) is 4.79 Å². The summed E-state index contributed by atoms with van der Waals surface area (Å²) >= 11 is 0. The van der Waals surface area contributed by atoms with Gasteiger partial charge in [0.15, 0.2) is 0 Å². The van der Waals surface area contributed by atoms with Crippen LogP contribution in [0.2, 0.25) is 0 Å². The van der Waals surface area contributed by atoms with Gasteiger partial charge in [0.05, 0.1) is 7.11 Å². The van der Waals surface area contributed by atoms with Gasteiger partial charge in [-0.2, -0.15) is 36.4 Å². The molecule has 4 heteroatoms. The summed E-state index contributed by atoms with van der Waals surface area (Å²) in [5, 5.41) is 0. The van der Waals surface area contributed by atoms with Crippen LogP contribution < -0.4 is 9.47 Å². The van der Waals surface area contributed by atoms with Crippen molar-refractivity contribution in [2.24, 2.45) is 0 Å². The molecule has 0 aliphatic carbocycles. The van der Waals surface area contributed by atoms with Crippen molar-refractivity contribution in [3.05, 3.63) is 60.7 Å². The van der Waals surface area contributed by atoms with Gasteiger partial charge in [0, 0.05) is 18.4 Å². The first-order valence-electron chi connectivity index (χ1n) is 9.37. The standard InChI is InChI=1S/C8H7O2.C7H7O.4C2H6.W/c1-7(9)10-8-5-3-2-4-6-8;1-8-7-5-3-2-4-6-7;4*1-2;/h3-6H,1H3;3-6H,1H3;4*1-2H3;/q2*-1;;;;;+2. The monoisotopic (exact) mass is 546 g/mol. The first kappa shape index (κ1) is 36.3. The minimum atomic E-state index is -0.300. The molecule has 0 radical (unpaired) electrons. The van der Waals surface area contributed by atoms with Gasteiger partial charge in [-0.15, -0.1) is 24.3 Å². The van der Waals surface area contributed by atoms with Crippen molar-refractivity contribution in [1.82, 2.24) is 0 Å². The predicted molar refractivity (Wildman–Crippen MR) is 114 cm³/mol. The second kappa shape index (κ2) is 35.5. The Morgan fingerprint density at radius 1 is 0.704 bits per heavy atom. The van der Waals surface area contributed by atoms with Crippen LogP contribution in [0.1, 0.15) is 62.3 Å². The van der Waals surface area contributed by atoms with E-state index >= 15 is 0 Å². The molecule has 27 heavy (non-hydrogen) atoms. The molecular weight excluding hydrogens is 508 g/mol. The van der Waals surface area contributed by atoms with Gasteiger partial charge in [0.2, 0.25) is 0 Å². The number of carbonyl (C=O) groups is 1. The maximum absolute atomic E-state index is 10.4. The van der Waals surface area contributed by atoms with E-state index in [4.69, 9.17) is 9.47 Å². The van der Waals surface area contributed by atoms with E-state index in [-0.39, 0.29) is 27.0 Å². The van der Waals surface area contributed by atoms with E-state index < -0.39 is 0 Å². The van der Waals surface area contributed by atoms with E-state index in [1.807, 2.05) is 79.7 Å². The molecule has 0 aliphatic rings. The molecule has 0 saturated carbocycles. The Hall–Kier alpha value is -1.60. The second-order valence-electron chi connectivity index (χ2n) is 3.27. The fourth-order valence-electron chi connectivity index (χ4n) is 1.11. The second-order valence-corrected chi connectivity index (χ2v) is 3.27. The van der Waals surface area contributed by atoms with Crippen LogP contribution in [0.25, 0.3) is 0 Å². The Kier molecular flexibility index (Phi) is 47.8. The first-order chi connectivity index (χ1) is 12.7. The van der Waals surface area contributed by atoms with E-state index in [2.05, 4.69) is 12.1 Å². The van der Waals surface area contributed by atoms with Crippen LogP contribution in [-0.4, -0.2) is 13.1 Å². The van der Waals surface area contributed by atoms with Gasteiger partial charge < -0.3 is 9.47 Å². The van der Waals surface area contributed by atoms with Crippen LogP contribution >= 0.6 is 0 Å². The van der Waals surface area contributed by atoms with Crippen molar-refractivity contribution >= 4 is 5.97 Å². The Labute approximate surface area is 182 Å². The molecule has 0 saturated heterocycles. The van der Waals surface area contributed by atoms with Gasteiger partial charge in [-0.05, 0) is 0 Å². The summed E-state index contributed by atoms with van der Waals surface area (Å²) < 4.78 is 9.65. The molecule has 0 unspecified atom stereocenters. The van der Waals surface area contributed by atoms with E-state index in [0.29, 0.717) is 5.75 Å². The summed E-state index contributed by atoms with van der Waals surface area (Å²) in [5.41, 5.74) is 0. The number of rotatable bonds is 2. The number of benzene rings is 2. The predicted octanol–water partition coefficient (Wildman–Crippen LogP) is 7.01. The number of carbonyl (C=O) groups excluding carboxylic acids is 1. The molecule has 3 nitrogen and oxygen atoms in total. The fourth-order valence-corrected chi connectivity index (χ4v) is 1.11. The quantitative estimate of drug-likeness (QED) is 0.231. The third kappa shape index (κ3) is 29.4. The molecule has 0 atom stereocenters. The SMILES string of the molecule is CC.CC.CC.CC.CC(=O)Oc1cc[c-]cc1.COc1cc[c-]cc1.[W+2]. The molecule has 0 bridgehead atoms. The topological polar surface area (TPSA) is 35.5 Å². The molecule has 0 heterocycles. The summed E-state index contributed by atoms with van der Waals surface area (Å²) in [6.45, 7) is 17.4. The number of ether oxygens (including phenoxy) is 2. The zero-order valence-electron chi connectivity index (χ0n) is 18.8. The maximum Gasteiger partial charge on any atom is 2.00 e. The molecular formula is C23H38O3W. The summed E-state index contributed by atoms with van der Waals surface area (Å²) in [5.74, 6) is 1.14. The summed E-state index contributed by atoms with van der Waals surface area (Å²) in [7, 11) is 1.65. The Morgan fingerprint density at radius 2 is 1.00 bits per heavy atom. The Morgan fingerprint density at radius 3 is 1.22 bits per heavy atom. The fraction of sp³-hybridized carbons (Fsp3) is 0.435. The molecule has 0 fully saturated rings. The third-order valence-corrected chi connectivity index (χ3v) is 1.87. The van der Waals surface area contributed by atoms with Gasteiger partial charge in [0.1, 0.15) is 0 Å². The van der Waals surface area contributed by atoms with Crippen LogP contribution in [0.15, 0.2) is 48.5 Å². The van der Waals surface area contributed by atoms with Crippen LogP contribution in [0.3, 0.4) is 0 Å².